The summed E-state index contributed by atoms with van der Waals surface area (Å²) in [7, 11) is 1.93. The zero-order valence-electron chi connectivity index (χ0n) is 16.1. The first-order valence-corrected chi connectivity index (χ1v) is 8.98. The first-order chi connectivity index (χ1) is 11.7. The standard InChI is InChI=1S/C21H29N3O/c1-14(2)12-17-18(21(17,4)5)13-22-19-15(3)23(6)24(20(19)25)16-10-8-7-9-11-16/h7-12,17-18,22H,13H2,1-6H3. The number of hydrogen-bond acceptors (Lipinski definition) is 2. The topological polar surface area (TPSA) is 39.0 Å². The van der Waals surface area contributed by atoms with Gasteiger partial charge in [0.15, 0.2) is 0 Å². The van der Waals surface area contributed by atoms with Crippen LogP contribution < -0.4 is 10.9 Å². The predicted octanol–water partition coefficient (Wildman–Crippen LogP) is 4.13. The van der Waals surface area contributed by atoms with Crippen LogP contribution in [0.5, 0.6) is 0 Å². The monoisotopic (exact) mass is 339 g/mol. The summed E-state index contributed by atoms with van der Waals surface area (Å²) in [5.41, 5.74) is 4.24. The minimum Gasteiger partial charge on any atom is -0.379 e. The number of allylic oxidation sites excluding steroid dienone is 2. The van der Waals surface area contributed by atoms with Gasteiger partial charge in [0, 0.05) is 13.6 Å². The molecule has 4 nitrogen and oxygen atoms in total. The van der Waals surface area contributed by atoms with Crippen molar-refractivity contribution in [1.82, 2.24) is 9.36 Å². The summed E-state index contributed by atoms with van der Waals surface area (Å²) in [6.07, 6.45) is 2.37. The van der Waals surface area contributed by atoms with E-state index >= 15 is 0 Å². The van der Waals surface area contributed by atoms with Crippen LogP contribution in [0.3, 0.4) is 0 Å². The fraction of sp³-hybridized carbons (Fsp3) is 0.476. The lowest BCUT2D eigenvalue weighted by Gasteiger charge is -2.07. The average molecular weight is 339 g/mol. The molecule has 3 rings (SSSR count). The van der Waals surface area contributed by atoms with Gasteiger partial charge in [-0.3, -0.25) is 9.48 Å². The van der Waals surface area contributed by atoms with Crippen LogP contribution in [0, 0.1) is 24.2 Å². The number of nitrogens with one attached hydrogen (secondary N) is 1. The van der Waals surface area contributed by atoms with Crippen LogP contribution in [-0.4, -0.2) is 15.9 Å². The second kappa shape index (κ2) is 6.25. The molecule has 1 aromatic carbocycles. The molecule has 1 aromatic heterocycles. The normalized spacial score (nSPS) is 21.0. The van der Waals surface area contributed by atoms with Crippen molar-refractivity contribution < 1.29 is 0 Å². The van der Waals surface area contributed by atoms with Crippen LogP contribution in [0.2, 0.25) is 0 Å². The molecule has 2 unspecified atom stereocenters. The summed E-state index contributed by atoms with van der Waals surface area (Å²) in [4.78, 5) is 12.9. The van der Waals surface area contributed by atoms with Crippen molar-refractivity contribution in [3.8, 4) is 5.69 Å². The van der Waals surface area contributed by atoms with Crippen LogP contribution in [0.4, 0.5) is 5.69 Å². The molecule has 2 aromatic rings. The third-order valence-electron chi connectivity index (χ3n) is 5.71. The Bertz CT molecular complexity index is 851. The van der Waals surface area contributed by atoms with E-state index in [9.17, 15) is 4.79 Å². The van der Waals surface area contributed by atoms with Crippen molar-refractivity contribution in [2.45, 2.75) is 34.6 Å². The van der Waals surface area contributed by atoms with Crippen molar-refractivity contribution >= 4 is 5.69 Å². The summed E-state index contributed by atoms with van der Waals surface area (Å²) in [6, 6.07) is 9.78. The lowest BCUT2D eigenvalue weighted by atomic mass is 10.1. The van der Waals surface area contributed by atoms with E-state index in [-0.39, 0.29) is 5.56 Å². The van der Waals surface area contributed by atoms with Gasteiger partial charge in [-0.05, 0) is 50.2 Å². The Morgan fingerprint density at radius 3 is 2.48 bits per heavy atom. The van der Waals surface area contributed by atoms with Crippen molar-refractivity contribution in [2.75, 3.05) is 11.9 Å². The molecule has 1 N–H and O–H groups in total. The summed E-state index contributed by atoms with van der Waals surface area (Å²) in [6.45, 7) is 11.7. The number of aromatic nitrogens is 2. The molecule has 2 atom stereocenters. The van der Waals surface area contributed by atoms with Gasteiger partial charge in [0.1, 0.15) is 5.69 Å². The predicted molar refractivity (Wildman–Crippen MR) is 104 cm³/mol. The van der Waals surface area contributed by atoms with Crippen LogP contribution in [-0.2, 0) is 7.05 Å². The molecular formula is C21H29N3O. The molecular weight excluding hydrogens is 310 g/mol. The molecule has 134 valence electrons. The Balaban J connectivity index is 1.84. The molecule has 0 bridgehead atoms. The molecule has 4 heteroatoms. The van der Waals surface area contributed by atoms with E-state index in [2.05, 4.69) is 39.1 Å². The van der Waals surface area contributed by atoms with Crippen molar-refractivity contribution in [3.05, 3.63) is 58.0 Å². The van der Waals surface area contributed by atoms with Crippen molar-refractivity contribution in [1.29, 1.82) is 0 Å². The molecule has 1 aliphatic rings. The fourth-order valence-electron chi connectivity index (χ4n) is 3.85. The van der Waals surface area contributed by atoms with Crippen molar-refractivity contribution in [2.24, 2.45) is 24.3 Å². The summed E-state index contributed by atoms with van der Waals surface area (Å²) >= 11 is 0. The SMILES string of the molecule is CC(C)=CC1C(CNc2c(C)n(C)n(-c3ccccc3)c2=O)C1(C)C. The van der Waals surface area contributed by atoms with E-state index in [0.717, 1.165) is 17.9 Å². The van der Waals surface area contributed by atoms with Gasteiger partial charge in [0.2, 0.25) is 0 Å². The van der Waals surface area contributed by atoms with E-state index in [1.807, 2.05) is 49.0 Å². The maximum absolute atomic E-state index is 12.9. The highest BCUT2D eigenvalue weighted by atomic mass is 16.1. The first kappa shape index (κ1) is 17.6. The molecule has 25 heavy (non-hydrogen) atoms. The lowest BCUT2D eigenvalue weighted by Crippen LogP contribution is -2.21. The molecule has 0 amide bonds. The van der Waals surface area contributed by atoms with Crippen LogP contribution in [0.25, 0.3) is 5.69 Å². The van der Waals surface area contributed by atoms with Crippen LogP contribution >= 0.6 is 0 Å². The minimum atomic E-state index is 0.0171. The van der Waals surface area contributed by atoms with Gasteiger partial charge < -0.3 is 5.32 Å². The Kier molecular flexibility index (Phi) is 4.40. The second-order valence-corrected chi connectivity index (χ2v) is 8.02. The third-order valence-corrected chi connectivity index (χ3v) is 5.71. The summed E-state index contributed by atoms with van der Waals surface area (Å²) < 4.78 is 3.65. The lowest BCUT2D eigenvalue weighted by molar-refractivity contribution is 0.561. The largest absolute Gasteiger partial charge is 0.379 e. The molecule has 0 spiro atoms. The smallest absolute Gasteiger partial charge is 0.295 e. The average Bonchev–Trinajstić information content (AvgIpc) is 2.98. The zero-order chi connectivity index (χ0) is 18.4. The van der Waals surface area contributed by atoms with E-state index in [1.54, 1.807) is 4.68 Å². The molecule has 1 aliphatic carbocycles. The molecule has 1 heterocycles. The Morgan fingerprint density at radius 1 is 1.24 bits per heavy atom. The van der Waals surface area contributed by atoms with E-state index in [4.69, 9.17) is 0 Å². The second-order valence-electron chi connectivity index (χ2n) is 8.02. The Morgan fingerprint density at radius 2 is 1.88 bits per heavy atom. The van der Waals surface area contributed by atoms with Crippen LogP contribution in [0.15, 0.2) is 46.8 Å². The highest BCUT2D eigenvalue weighted by Gasteiger charge is 2.55. The highest BCUT2D eigenvalue weighted by molar-refractivity contribution is 5.49. The molecule has 1 fully saturated rings. The van der Waals surface area contributed by atoms with E-state index in [1.165, 1.54) is 5.57 Å². The molecule has 0 saturated heterocycles. The summed E-state index contributed by atoms with van der Waals surface area (Å²) in [5.74, 6) is 1.15. The number of rotatable bonds is 5. The zero-order valence-corrected chi connectivity index (χ0v) is 16.1. The molecule has 0 radical (unpaired) electrons. The number of para-hydroxylation sites is 1. The minimum absolute atomic E-state index is 0.0171. The first-order valence-electron chi connectivity index (χ1n) is 8.98. The van der Waals surface area contributed by atoms with Gasteiger partial charge in [-0.25, -0.2) is 4.68 Å². The van der Waals surface area contributed by atoms with Gasteiger partial charge in [-0.2, -0.15) is 0 Å². The van der Waals surface area contributed by atoms with Gasteiger partial charge in [-0.15, -0.1) is 0 Å². The number of anilines is 1. The number of hydrogen-bond donors (Lipinski definition) is 1. The van der Waals surface area contributed by atoms with Crippen molar-refractivity contribution in [3.63, 3.8) is 0 Å². The molecule has 0 aliphatic heterocycles. The Labute approximate surface area is 150 Å². The Hall–Kier alpha value is -2.23. The maximum Gasteiger partial charge on any atom is 0.295 e. The number of nitrogens with zero attached hydrogens (tertiary/aromatic N) is 2. The number of benzene rings is 1. The van der Waals surface area contributed by atoms with Gasteiger partial charge in [0.05, 0.1) is 11.4 Å². The van der Waals surface area contributed by atoms with Crippen LogP contribution in [0.1, 0.15) is 33.4 Å². The van der Waals surface area contributed by atoms with Gasteiger partial charge >= 0.3 is 0 Å². The van der Waals surface area contributed by atoms with Gasteiger partial charge in [-0.1, -0.05) is 43.7 Å². The third kappa shape index (κ3) is 3.06. The van der Waals surface area contributed by atoms with Gasteiger partial charge in [0.25, 0.3) is 5.56 Å². The molecule has 1 saturated carbocycles. The maximum atomic E-state index is 12.9. The van der Waals surface area contributed by atoms with E-state index in [0.29, 0.717) is 22.9 Å². The quantitative estimate of drug-likeness (QED) is 0.832. The van der Waals surface area contributed by atoms with E-state index < -0.39 is 0 Å². The fourth-order valence-corrected chi connectivity index (χ4v) is 3.85. The highest BCUT2D eigenvalue weighted by Crippen LogP contribution is 2.59. The summed E-state index contributed by atoms with van der Waals surface area (Å²) in [5, 5.41) is 3.45.